The molecule has 3 heterocycles. The van der Waals surface area contributed by atoms with Crippen LogP contribution in [0.5, 0.6) is 0 Å². The Bertz CT molecular complexity index is 2430. The van der Waals surface area contributed by atoms with Gasteiger partial charge in [-0.05, 0) is 58.5 Å². The predicted octanol–water partition coefficient (Wildman–Crippen LogP) is 10.0. The maximum Gasteiger partial charge on any atom is 0.146 e. The van der Waals surface area contributed by atoms with E-state index in [0.717, 1.165) is 55.1 Å². The van der Waals surface area contributed by atoms with Gasteiger partial charge in [0.15, 0.2) is 0 Å². The first kappa shape index (κ1) is 21.5. The number of fused-ring (bicyclic) bond motifs is 11. The third kappa shape index (κ3) is 2.97. The molecule has 3 aromatic heterocycles. The Kier molecular flexibility index (Phi) is 4.33. The fraction of sp³-hybridized carbons (Fsp3) is 0. The minimum Gasteiger partial charge on any atom is -0.455 e. The highest BCUT2D eigenvalue weighted by molar-refractivity contribution is 6.15. The number of pyridine rings is 1. The predicted molar refractivity (Wildman–Crippen MR) is 166 cm³/mol. The lowest BCUT2D eigenvalue weighted by molar-refractivity contribution is 0.670. The highest BCUT2D eigenvalue weighted by atomic mass is 16.3. The Morgan fingerprint density at radius 1 is 0.475 bits per heavy atom. The van der Waals surface area contributed by atoms with Crippen LogP contribution in [0.15, 0.2) is 138 Å². The molecule has 0 N–H and O–H groups in total. The van der Waals surface area contributed by atoms with E-state index in [1.807, 2.05) is 12.1 Å². The number of nitrogens with zero attached hydrogens (tertiary/aromatic N) is 2. The summed E-state index contributed by atoms with van der Waals surface area (Å²) in [4.78, 5) is 5.04. The molecule has 0 aliphatic carbocycles. The minimum absolute atomic E-state index is 0.921. The lowest BCUT2D eigenvalue weighted by Crippen LogP contribution is -1.91. The van der Waals surface area contributed by atoms with Crippen LogP contribution in [0.3, 0.4) is 0 Å². The molecule has 0 radical (unpaired) electrons. The van der Waals surface area contributed by atoms with Crippen LogP contribution in [0.1, 0.15) is 0 Å². The Labute approximate surface area is 229 Å². The summed E-state index contributed by atoms with van der Waals surface area (Å²) in [5.41, 5.74) is 10.8. The second kappa shape index (κ2) is 8.05. The molecule has 0 aliphatic heterocycles. The molecule has 0 saturated carbocycles. The molecule has 186 valence electrons. The monoisotopic (exact) mass is 510 g/mol. The molecule has 0 aliphatic rings. The van der Waals surface area contributed by atoms with Crippen molar-refractivity contribution in [2.24, 2.45) is 0 Å². The second-order valence-electron chi connectivity index (χ2n) is 10.4. The van der Waals surface area contributed by atoms with Gasteiger partial charge >= 0.3 is 0 Å². The normalized spacial score (nSPS) is 12.0. The maximum atomic E-state index is 6.29. The van der Waals surface area contributed by atoms with Crippen molar-refractivity contribution in [2.45, 2.75) is 0 Å². The van der Waals surface area contributed by atoms with E-state index in [-0.39, 0.29) is 0 Å². The summed E-state index contributed by atoms with van der Waals surface area (Å²) in [5, 5.41) is 5.90. The zero-order chi connectivity index (χ0) is 26.2. The van der Waals surface area contributed by atoms with Crippen molar-refractivity contribution < 1.29 is 4.42 Å². The van der Waals surface area contributed by atoms with Crippen LogP contribution in [-0.4, -0.2) is 9.38 Å². The van der Waals surface area contributed by atoms with E-state index in [1.165, 1.54) is 27.4 Å². The molecular weight excluding hydrogens is 488 g/mol. The molecule has 3 heteroatoms. The molecule has 0 spiro atoms. The molecule has 0 saturated heterocycles. The molecule has 0 fully saturated rings. The molecule has 3 nitrogen and oxygen atoms in total. The summed E-state index contributed by atoms with van der Waals surface area (Å²) >= 11 is 0. The number of furan rings is 1. The Morgan fingerprint density at radius 2 is 1.18 bits per heavy atom. The van der Waals surface area contributed by atoms with Gasteiger partial charge in [-0.15, -0.1) is 0 Å². The zero-order valence-corrected chi connectivity index (χ0v) is 21.5. The lowest BCUT2D eigenvalue weighted by Gasteiger charge is -2.11. The van der Waals surface area contributed by atoms with Crippen LogP contribution in [0.25, 0.3) is 82.5 Å². The molecular formula is C37H22N2O. The number of hydrogen-bond donors (Lipinski definition) is 0. The van der Waals surface area contributed by atoms with Gasteiger partial charge in [-0.1, -0.05) is 97.1 Å². The molecule has 0 atom stereocenters. The van der Waals surface area contributed by atoms with E-state index >= 15 is 0 Å². The summed E-state index contributed by atoms with van der Waals surface area (Å²) in [7, 11) is 0. The van der Waals surface area contributed by atoms with Gasteiger partial charge in [0.05, 0.1) is 16.6 Å². The number of aromatic nitrogens is 2. The molecule has 0 amide bonds. The quantitative estimate of drug-likeness (QED) is 0.217. The van der Waals surface area contributed by atoms with E-state index in [9.17, 15) is 0 Å². The average molecular weight is 511 g/mol. The number of para-hydroxylation sites is 5. The zero-order valence-electron chi connectivity index (χ0n) is 21.5. The van der Waals surface area contributed by atoms with Crippen molar-refractivity contribution in [3.05, 3.63) is 133 Å². The van der Waals surface area contributed by atoms with Crippen LogP contribution >= 0.6 is 0 Å². The van der Waals surface area contributed by atoms with E-state index in [0.29, 0.717) is 0 Å². The molecule has 9 rings (SSSR count). The van der Waals surface area contributed by atoms with E-state index < -0.39 is 0 Å². The fourth-order valence-corrected chi connectivity index (χ4v) is 6.31. The van der Waals surface area contributed by atoms with Crippen LogP contribution in [0.2, 0.25) is 0 Å². The minimum atomic E-state index is 0.921. The van der Waals surface area contributed by atoms with Gasteiger partial charge in [0.2, 0.25) is 0 Å². The van der Waals surface area contributed by atoms with E-state index in [4.69, 9.17) is 9.40 Å². The van der Waals surface area contributed by atoms with Gasteiger partial charge in [-0.3, -0.25) is 4.40 Å². The highest BCUT2D eigenvalue weighted by Crippen LogP contribution is 2.38. The van der Waals surface area contributed by atoms with Crippen molar-refractivity contribution >= 4 is 60.3 Å². The van der Waals surface area contributed by atoms with Crippen molar-refractivity contribution in [1.82, 2.24) is 9.38 Å². The van der Waals surface area contributed by atoms with Gasteiger partial charge in [0, 0.05) is 27.1 Å². The van der Waals surface area contributed by atoms with Crippen molar-refractivity contribution in [3.63, 3.8) is 0 Å². The third-order valence-corrected chi connectivity index (χ3v) is 8.19. The highest BCUT2D eigenvalue weighted by Gasteiger charge is 2.15. The van der Waals surface area contributed by atoms with Gasteiger partial charge in [-0.2, -0.15) is 0 Å². The van der Waals surface area contributed by atoms with E-state index in [2.05, 4.69) is 126 Å². The first-order valence-corrected chi connectivity index (χ1v) is 13.6. The summed E-state index contributed by atoms with van der Waals surface area (Å²) < 4.78 is 8.58. The summed E-state index contributed by atoms with van der Waals surface area (Å²) in [6.07, 6.45) is 0. The van der Waals surface area contributed by atoms with Crippen molar-refractivity contribution in [1.29, 1.82) is 0 Å². The molecule has 6 aromatic carbocycles. The number of hydrogen-bond acceptors (Lipinski definition) is 2. The first-order valence-electron chi connectivity index (χ1n) is 13.6. The fourth-order valence-electron chi connectivity index (χ4n) is 6.31. The van der Waals surface area contributed by atoms with Gasteiger partial charge in [-0.25, -0.2) is 4.98 Å². The van der Waals surface area contributed by atoms with E-state index in [1.54, 1.807) is 0 Å². The average Bonchev–Trinajstić information content (AvgIpc) is 3.60. The molecule has 0 bridgehead atoms. The van der Waals surface area contributed by atoms with Crippen LogP contribution in [0.4, 0.5) is 0 Å². The maximum absolute atomic E-state index is 6.29. The van der Waals surface area contributed by atoms with Crippen molar-refractivity contribution in [3.8, 4) is 22.3 Å². The number of rotatable bonds is 2. The van der Waals surface area contributed by atoms with Gasteiger partial charge < -0.3 is 4.42 Å². The van der Waals surface area contributed by atoms with Crippen LogP contribution in [0, 0.1) is 0 Å². The summed E-state index contributed by atoms with van der Waals surface area (Å²) in [5.74, 6) is 0. The summed E-state index contributed by atoms with van der Waals surface area (Å²) in [6, 6.07) is 47.2. The van der Waals surface area contributed by atoms with Gasteiger partial charge in [0.25, 0.3) is 0 Å². The summed E-state index contributed by atoms with van der Waals surface area (Å²) in [6.45, 7) is 0. The third-order valence-electron chi connectivity index (χ3n) is 8.19. The standard InChI is InChI=1S/C37H22N2O/c1-4-13-33-27(8-1)31-22-25(20-21-30(31)37-38-32-12-3-5-14-34(32)39(33)37)23-16-18-24(19-17-23)26-10-7-11-29-28-9-2-6-15-35(28)40-36(26)29/h1-22H. The Balaban J connectivity index is 1.21. The van der Waals surface area contributed by atoms with Crippen LogP contribution < -0.4 is 0 Å². The molecule has 0 unspecified atom stereocenters. The van der Waals surface area contributed by atoms with Gasteiger partial charge in [0.1, 0.15) is 16.8 Å². The second-order valence-corrected chi connectivity index (χ2v) is 10.4. The molecule has 40 heavy (non-hydrogen) atoms. The Morgan fingerprint density at radius 3 is 2.08 bits per heavy atom. The lowest BCUT2D eigenvalue weighted by atomic mass is 9.96. The SMILES string of the molecule is c1ccc2c(c1)nc1c3ccc(-c4ccc(-c5cccc6c5oc5ccccc56)cc4)cc3c3ccccc3n21. The first-order chi connectivity index (χ1) is 19.8. The topological polar surface area (TPSA) is 30.4 Å². The largest absolute Gasteiger partial charge is 0.455 e. The molecule has 9 aromatic rings. The Hall–Kier alpha value is -5.41. The van der Waals surface area contributed by atoms with Crippen molar-refractivity contribution in [2.75, 3.05) is 0 Å². The smallest absolute Gasteiger partial charge is 0.146 e. The van der Waals surface area contributed by atoms with Crippen LogP contribution in [-0.2, 0) is 0 Å². The number of imidazole rings is 1. The number of benzene rings is 6.